The van der Waals surface area contributed by atoms with E-state index in [2.05, 4.69) is 6.92 Å². The molecule has 1 aliphatic heterocycles. The van der Waals surface area contributed by atoms with Crippen LogP contribution < -0.4 is 0 Å². The van der Waals surface area contributed by atoms with Crippen LogP contribution in [0.5, 0.6) is 0 Å². The molecular formula is C15H23NO3. The van der Waals surface area contributed by atoms with Gasteiger partial charge in [0.1, 0.15) is 0 Å². The van der Waals surface area contributed by atoms with Crippen LogP contribution >= 0.6 is 0 Å². The Balaban J connectivity index is 1.70. The molecule has 1 heterocycles. The number of carbonyl (C=O) groups excluding carboxylic acids is 1. The summed E-state index contributed by atoms with van der Waals surface area (Å²) in [5, 5.41) is 8.97. The fourth-order valence-corrected chi connectivity index (χ4v) is 4.14. The lowest BCUT2D eigenvalue weighted by atomic mass is 9.72. The zero-order chi connectivity index (χ0) is 13.6. The Kier molecular flexibility index (Phi) is 3.27. The molecule has 4 nitrogen and oxygen atoms in total. The first kappa shape index (κ1) is 12.9. The molecule has 3 rings (SSSR count). The molecule has 0 aromatic carbocycles. The zero-order valence-corrected chi connectivity index (χ0v) is 11.5. The molecule has 0 aromatic heterocycles. The number of rotatable bonds is 2. The highest BCUT2D eigenvalue weighted by Gasteiger charge is 2.52. The van der Waals surface area contributed by atoms with E-state index < -0.39 is 11.9 Å². The minimum absolute atomic E-state index is 0.121. The molecule has 19 heavy (non-hydrogen) atoms. The number of carboxylic acids is 1. The Bertz CT molecular complexity index is 395. The number of hydrogen-bond acceptors (Lipinski definition) is 2. The minimum atomic E-state index is -0.802. The molecule has 106 valence electrons. The van der Waals surface area contributed by atoms with Crippen LogP contribution in [0.1, 0.15) is 45.4 Å². The normalized spacial score (nSPS) is 41.5. The number of carbonyl (C=O) groups is 2. The van der Waals surface area contributed by atoms with Crippen LogP contribution in [0, 0.1) is 23.7 Å². The molecule has 0 spiro atoms. The summed E-state index contributed by atoms with van der Waals surface area (Å²) in [5.74, 6) is 0.0415. The molecule has 4 heteroatoms. The van der Waals surface area contributed by atoms with Gasteiger partial charge in [-0.15, -0.1) is 0 Å². The number of amides is 1. The Morgan fingerprint density at radius 2 is 1.84 bits per heavy atom. The fourth-order valence-electron chi connectivity index (χ4n) is 4.14. The van der Waals surface area contributed by atoms with Crippen LogP contribution in [0.2, 0.25) is 0 Å². The number of fused-ring (bicyclic) bond motifs is 1. The van der Waals surface area contributed by atoms with E-state index in [9.17, 15) is 9.59 Å². The van der Waals surface area contributed by atoms with Gasteiger partial charge in [0.05, 0.1) is 11.8 Å². The predicted molar refractivity (Wildman–Crippen MR) is 70.5 cm³/mol. The summed E-state index contributed by atoms with van der Waals surface area (Å²) in [5.41, 5.74) is 0. The van der Waals surface area contributed by atoms with Crippen molar-refractivity contribution in [3.05, 3.63) is 0 Å². The van der Waals surface area contributed by atoms with E-state index in [0.29, 0.717) is 24.3 Å². The van der Waals surface area contributed by atoms with Gasteiger partial charge >= 0.3 is 5.97 Å². The summed E-state index contributed by atoms with van der Waals surface area (Å²) in [7, 11) is 0. The Labute approximate surface area is 114 Å². The number of carboxylic acid groups (broad SMARTS) is 1. The number of nitrogens with zero attached hydrogens (tertiary/aromatic N) is 1. The Morgan fingerprint density at radius 3 is 2.53 bits per heavy atom. The van der Waals surface area contributed by atoms with Crippen molar-refractivity contribution in [1.82, 2.24) is 4.90 Å². The maximum absolute atomic E-state index is 12.5. The van der Waals surface area contributed by atoms with Crippen LogP contribution in [-0.2, 0) is 9.59 Å². The van der Waals surface area contributed by atoms with E-state index in [1.165, 1.54) is 19.3 Å². The van der Waals surface area contributed by atoms with E-state index in [1.54, 1.807) is 0 Å². The molecule has 1 amide bonds. The highest BCUT2D eigenvalue weighted by Crippen LogP contribution is 2.44. The Morgan fingerprint density at radius 1 is 1.11 bits per heavy atom. The minimum Gasteiger partial charge on any atom is -0.481 e. The van der Waals surface area contributed by atoms with Crippen LogP contribution in [-0.4, -0.2) is 34.5 Å². The molecule has 2 aliphatic carbocycles. The van der Waals surface area contributed by atoms with Gasteiger partial charge in [-0.2, -0.15) is 0 Å². The summed E-state index contributed by atoms with van der Waals surface area (Å²) >= 11 is 0. The second kappa shape index (κ2) is 4.80. The number of aliphatic carboxylic acids is 1. The van der Waals surface area contributed by atoms with E-state index in [0.717, 1.165) is 19.4 Å². The summed E-state index contributed by atoms with van der Waals surface area (Å²) in [6.07, 6.45) is 6.49. The van der Waals surface area contributed by atoms with Gasteiger partial charge in [0.2, 0.25) is 5.91 Å². The van der Waals surface area contributed by atoms with Gasteiger partial charge in [-0.05, 0) is 37.5 Å². The first-order valence-corrected chi connectivity index (χ1v) is 7.63. The maximum atomic E-state index is 12.5. The first-order valence-electron chi connectivity index (χ1n) is 7.63. The standard InChI is InChI=1S/C15H23NO3/c1-9-6-7-16(13-5-3-2-4-10(9)13)14(17)11-8-12(11)15(18)19/h9-13H,2-8H2,1H3,(H,18,19)/t9?,10?,11-,12+,13?/m1/s1. The van der Waals surface area contributed by atoms with Gasteiger partial charge in [0.25, 0.3) is 0 Å². The molecule has 0 bridgehead atoms. The molecule has 1 saturated heterocycles. The number of piperidine rings is 1. The monoisotopic (exact) mass is 265 g/mol. The SMILES string of the molecule is CC1CCN(C(=O)[C@@H]2C[C@@H]2C(=O)O)C2CCCCC12. The topological polar surface area (TPSA) is 57.6 Å². The fraction of sp³-hybridized carbons (Fsp3) is 0.867. The highest BCUT2D eigenvalue weighted by molar-refractivity contribution is 5.89. The molecule has 3 unspecified atom stereocenters. The van der Waals surface area contributed by atoms with Crippen molar-refractivity contribution in [2.75, 3.05) is 6.54 Å². The van der Waals surface area contributed by atoms with Crippen molar-refractivity contribution in [1.29, 1.82) is 0 Å². The van der Waals surface area contributed by atoms with Crippen molar-refractivity contribution in [2.45, 2.75) is 51.5 Å². The third-order valence-electron chi connectivity index (χ3n) is 5.45. The van der Waals surface area contributed by atoms with E-state index >= 15 is 0 Å². The van der Waals surface area contributed by atoms with E-state index in [4.69, 9.17) is 5.11 Å². The van der Waals surface area contributed by atoms with Crippen LogP contribution in [0.4, 0.5) is 0 Å². The quantitative estimate of drug-likeness (QED) is 0.832. The summed E-state index contributed by atoms with van der Waals surface area (Å²) in [4.78, 5) is 25.5. The van der Waals surface area contributed by atoms with Gasteiger partial charge in [-0.3, -0.25) is 9.59 Å². The van der Waals surface area contributed by atoms with Crippen molar-refractivity contribution in [3.8, 4) is 0 Å². The zero-order valence-electron chi connectivity index (χ0n) is 11.5. The smallest absolute Gasteiger partial charge is 0.307 e. The number of likely N-dealkylation sites (tertiary alicyclic amines) is 1. The maximum Gasteiger partial charge on any atom is 0.307 e. The third-order valence-corrected chi connectivity index (χ3v) is 5.45. The average molecular weight is 265 g/mol. The third kappa shape index (κ3) is 2.26. The van der Waals surface area contributed by atoms with Gasteiger partial charge < -0.3 is 10.0 Å². The molecule has 0 aromatic rings. The molecule has 5 atom stereocenters. The molecule has 1 N–H and O–H groups in total. The van der Waals surface area contributed by atoms with Gasteiger partial charge in [-0.25, -0.2) is 0 Å². The van der Waals surface area contributed by atoms with Crippen molar-refractivity contribution < 1.29 is 14.7 Å². The summed E-state index contributed by atoms with van der Waals surface area (Å²) < 4.78 is 0. The molecular weight excluding hydrogens is 242 g/mol. The van der Waals surface area contributed by atoms with Gasteiger partial charge in [0, 0.05) is 12.6 Å². The lowest BCUT2D eigenvalue weighted by Gasteiger charge is -2.47. The Hall–Kier alpha value is -1.06. The summed E-state index contributed by atoms with van der Waals surface area (Å²) in [6, 6.07) is 0.389. The predicted octanol–water partition coefficient (Wildman–Crippen LogP) is 2.13. The van der Waals surface area contributed by atoms with Crippen molar-refractivity contribution in [3.63, 3.8) is 0 Å². The van der Waals surface area contributed by atoms with Gasteiger partial charge in [0.15, 0.2) is 0 Å². The van der Waals surface area contributed by atoms with Crippen LogP contribution in [0.15, 0.2) is 0 Å². The lowest BCUT2D eigenvalue weighted by molar-refractivity contribution is -0.145. The molecule has 0 radical (unpaired) electrons. The van der Waals surface area contributed by atoms with Crippen LogP contribution in [0.25, 0.3) is 0 Å². The van der Waals surface area contributed by atoms with Crippen molar-refractivity contribution in [2.24, 2.45) is 23.7 Å². The van der Waals surface area contributed by atoms with Gasteiger partial charge in [-0.1, -0.05) is 19.8 Å². The molecule has 3 aliphatic rings. The van der Waals surface area contributed by atoms with Crippen molar-refractivity contribution >= 4 is 11.9 Å². The second-order valence-electron chi connectivity index (χ2n) is 6.60. The average Bonchev–Trinajstić information content (AvgIpc) is 3.19. The molecule has 3 fully saturated rings. The largest absolute Gasteiger partial charge is 0.481 e. The second-order valence-corrected chi connectivity index (χ2v) is 6.60. The molecule has 2 saturated carbocycles. The van der Waals surface area contributed by atoms with E-state index in [1.807, 2.05) is 4.90 Å². The summed E-state index contributed by atoms with van der Waals surface area (Å²) in [6.45, 7) is 3.14. The highest BCUT2D eigenvalue weighted by atomic mass is 16.4. The number of hydrogen-bond donors (Lipinski definition) is 1. The first-order chi connectivity index (χ1) is 9.09. The lowest BCUT2D eigenvalue weighted by Crippen LogP contribution is -2.53. The van der Waals surface area contributed by atoms with E-state index in [-0.39, 0.29) is 11.8 Å². The van der Waals surface area contributed by atoms with Crippen LogP contribution in [0.3, 0.4) is 0 Å².